The highest BCUT2D eigenvalue weighted by Crippen LogP contribution is 2.21. The number of benzene rings is 1. The molecule has 0 spiro atoms. The van der Waals surface area contributed by atoms with Gasteiger partial charge in [-0.25, -0.2) is 13.1 Å². The first kappa shape index (κ1) is 22.6. The summed E-state index contributed by atoms with van der Waals surface area (Å²) in [6, 6.07) is 6.28. The highest BCUT2D eigenvalue weighted by Gasteiger charge is 2.17. The number of guanidine groups is 1. The molecule has 9 heteroatoms. The van der Waals surface area contributed by atoms with Crippen molar-refractivity contribution in [2.24, 2.45) is 4.99 Å². The highest BCUT2D eigenvalue weighted by molar-refractivity contribution is 7.89. The van der Waals surface area contributed by atoms with E-state index in [9.17, 15) is 8.42 Å². The summed E-state index contributed by atoms with van der Waals surface area (Å²) < 4.78 is 32.6. The number of hydrogen-bond donors (Lipinski definition) is 4. The molecule has 0 saturated carbocycles. The Morgan fingerprint density at radius 3 is 2.87 bits per heavy atom. The zero-order valence-corrected chi connectivity index (χ0v) is 18.6. The molecule has 1 saturated heterocycles. The first-order valence-electron chi connectivity index (χ1n) is 10.6. The Hall–Kier alpha value is -2.10. The zero-order valence-electron chi connectivity index (χ0n) is 17.8. The molecule has 1 fully saturated rings. The predicted octanol–water partition coefficient (Wildman–Crippen LogP) is 1.67. The Kier molecular flexibility index (Phi) is 8.12. The van der Waals surface area contributed by atoms with Gasteiger partial charge < -0.3 is 20.4 Å². The van der Waals surface area contributed by atoms with Crippen LogP contribution in [-0.4, -0.2) is 64.5 Å². The summed E-state index contributed by atoms with van der Waals surface area (Å²) in [4.78, 5) is 7.51. The molecule has 2 heterocycles. The van der Waals surface area contributed by atoms with Gasteiger partial charge in [0.1, 0.15) is 0 Å². The highest BCUT2D eigenvalue weighted by atomic mass is 32.2. The molecule has 166 valence electrons. The van der Waals surface area contributed by atoms with Gasteiger partial charge in [-0.2, -0.15) is 0 Å². The van der Waals surface area contributed by atoms with Crippen LogP contribution in [-0.2, 0) is 21.2 Å². The zero-order chi connectivity index (χ0) is 21.4. The van der Waals surface area contributed by atoms with Crippen molar-refractivity contribution in [2.45, 2.75) is 38.7 Å². The molecule has 1 aromatic heterocycles. The number of sulfonamides is 1. The number of nitrogens with one attached hydrogen (secondary N) is 4. The lowest BCUT2D eigenvalue weighted by atomic mass is 10.1. The maximum absolute atomic E-state index is 12.2. The van der Waals surface area contributed by atoms with Crippen LogP contribution >= 0.6 is 0 Å². The lowest BCUT2D eigenvalue weighted by Gasteiger charge is -2.22. The van der Waals surface area contributed by atoms with Crippen molar-refractivity contribution >= 4 is 26.9 Å². The van der Waals surface area contributed by atoms with Gasteiger partial charge in [-0.15, -0.1) is 0 Å². The van der Waals surface area contributed by atoms with E-state index in [1.54, 1.807) is 7.05 Å². The fraction of sp³-hybridized carbons (Fsp3) is 0.571. The fourth-order valence-electron chi connectivity index (χ4n) is 3.67. The van der Waals surface area contributed by atoms with Crippen molar-refractivity contribution in [3.8, 4) is 0 Å². The van der Waals surface area contributed by atoms with E-state index in [2.05, 4.69) is 50.5 Å². The monoisotopic (exact) mass is 435 g/mol. The van der Waals surface area contributed by atoms with Crippen molar-refractivity contribution in [3.05, 3.63) is 35.5 Å². The number of aromatic amines is 1. The van der Waals surface area contributed by atoms with E-state index in [4.69, 9.17) is 4.74 Å². The minimum absolute atomic E-state index is 0.00999. The number of nitrogens with zero attached hydrogens (tertiary/aromatic N) is 1. The summed E-state index contributed by atoms with van der Waals surface area (Å²) in [6.07, 6.45) is 5.93. The van der Waals surface area contributed by atoms with Crippen LogP contribution in [0.2, 0.25) is 0 Å². The Bertz CT molecular complexity index is 949. The minimum Gasteiger partial charge on any atom is -0.377 e. The maximum Gasteiger partial charge on any atom is 0.213 e. The number of aliphatic imine (C=N–C) groups is 1. The van der Waals surface area contributed by atoms with Gasteiger partial charge in [0.25, 0.3) is 0 Å². The molecule has 30 heavy (non-hydrogen) atoms. The van der Waals surface area contributed by atoms with Gasteiger partial charge in [0.05, 0.1) is 11.9 Å². The second-order valence-corrected chi connectivity index (χ2v) is 9.57. The average Bonchev–Trinajstić information content (AvgIpc) is 3.16. The van der Waals surface area contributed by atoms with Gasteiger partial charge in [-0.3, -0.25) is 4.99 Å². The number of rotatable bonds is 9. The van der Waals surface area contributed by atoms with Crippen LogP contribution in [0.25, 0.3) is 10.9 Å². The lowest BCUT2D eigenvalue weighted by Crippen LogP contribution is -2.43. The molecule has 0 amide bonds. The largest absolute Gasteiger partial charge is 0.377 e. The Morgan fingerprint density at radius 2 is 2.10 bits per heavy atom. The molecule has 1 unspecified atom stereocenters. The summed E-state index contributed by atoms with van der Waals surface area (Å²) in [5.41, 5.74) is 3.65. The molecule has 1 aliphatic rings. The number of ether oxygens (including phenoxy) is 1. The standard InChI is InChI=1S/C21H33N5O3S/c1-16-6-5-8-19-17(14-25-20(16)19)9-10-23-21(22-2)24-11-13-30(27,28)26-15-18-7-3-4-12-29-18/h5-6,8,14,18,25-26H,3-4,7,9-13,15H2,1-2H3,(H2,22,23,24). The Morgan fingerprint density at radius 1 is 1.27 bits per heavy atom. The summed E-state index contributed by atoms with van der Waals surface area (Å²) in [7, 11) is -1.67. The second kappa shape index (κ2) is 10.8. The van der Waals surface area contributed by atoms with Crippen LogP contribution in [0.1, 0.15) is 30.4 Å². The van der Waals surface area contributed by atoms with Crippen molar-refractivity contribution in [2.75, 3.05) is 39.0 Å². The number of hydrogen-bond acceptors (Lipinski definition) is 4. The molecular formula is C21H33N5O3S. The quantitative estimate of drug-likeness (QED) is 0.354. The lowest BCUT2D eigenvalue weighted by molar-refractivity contribution is 0.0200. The average molecular weight is 436 g/mol. The SMILES string of the molecule is CN=C(NCCc1c[nH]c2c(C)cccc12)NCCS(=O)(=O)NCC1CCCCO1. The molecule has 1 aliphatic heterocycles. The van der Waals surface area contributed by atoms with Crippen molar-refractivity contribution in [1.82, 2.24) is 20.3 Å². The van der Waals surface area contributed by atoms with Crippen LogP contribution in [0.5, 0.6) is 0 Å². The van der Waals surface area contributed by atoms with Gasteiger partial charge in [0.2, 0.25) is 10.0 Å². The van der Waals surface area contributed by atoms with Crippen LogP contribution in [0, 0.1) is 6.92 Å². The van der Waals surface area contributed by atoms with E-state index in [0.717, 1.165) is 25.7 Å². The first-order chi connectivity index (χ1) is 14.5. The second-order valence-electron chi connectivity index (χ2n) is 7.64. The molecule has 1 atom stereocenters. The number of H-pyrrole nitrogens is 1. The van der Waals surface area contributed by atoms with Crippen LogP contribution in [0.15, 0.2) is 29.4 Å². The molecule has 3 rings (SSSR count). The number of aromatic nitrogens is 1. The third kappa shape index (κ3) is 6.45. The maximum atomic E-state index is 12.2. The van der Waals surface area contributed by atoms with Gasteiger partial charge in [-0.05, 0) is 43.7 Å². The molecule has 0 radical (unpaired) electrons. The third-order valence-electron chi connectivity index (χ3n) is 5.39. The smallest absolute Gasteiger partial charge is 0.213 e. The molecule has 0 aliphatic carbocycles. The number of aryl methyl sites for hydroxylation is 1. The summed E-state index contributed by atoms with van der Waals surface area (Å²) >= 11 is 0. The molecule has 0 bridgehead atoms. The number of fused-ring (bicyclic) bond motifs is 1. The van der Waals surface area contributed by atoms with E-state index in [0.29, 0.717) is 25.7 Å². The van der Waals surface area contributed by atoms with E-state index >= 15 is 0 Å². The van der Waals surface area contributed by atoms with Crippen molar-refractivity contribution in [1.29, 1.82) is 0 Å². The fourth-order valence-corrected chi connectivity index (χ4v) is 4.63. The molecule has 4 N–H and O–H groups in total. The van der Waals surface area contributed by atoms with Crippen molar-refractivity contribution in [3.63, 3.8) is 0 Å². The number of para-hydroxylation sites is 1. The summed E-state index contributed by atoms with van der Waals surface area (Å²) in [6.45, 7) is 4.14. The van der Waals surface area contributed by atoms with Gasteiger partial charge in [0, 0.05) is 50.4 Å². The molecule has 8 nitrogen and oxygen atoms in total. The Labute approximate surface area is 178 Å². The van der Waals surface area contributed by atoms with Crippen molar-refractivity contribution < 1.29 is 13.2 Å². The van der Waals surface area contributed by atoms with E-state index in [-0.39, 0.29) is 18.4 Å². The van der Waals surface area contributed by atoms with Gasteiger partial charge in [-0.1, -0.05) is 18.2 Å². The van der Waals surface area contributed by atoms with Gasteiger partial charge >= 0.3 is 0 Å². The van der Waals surface area contributed by atoms with E-state index < -0.39 is 10.0 Å². The van der Waals surface area contributed by atoms with Crippen LogP contribution < -0.4 is 15.4 Å². The minimum atomic E-state index is -3.35. The predicted molar refractivity (Wildman–Crippen MR) is 121 cm³/mol. The molecule has 1 aromatic carbocycles. The van der Waals surface area contributed by atoms with Gasteiger partial charge in [0.15, 0.2) is 5.96 Å². The van der Waals surface area contributed by atoms with E-state index in [1.165, 1.54) is 22.0 Å². The first-order valence-corrected chi connectivity index (χ1v) is 12.2. The normalized spacial score (nSPS) is 17.9. The van der Waals surface area contributed by atoms with Crippen LogP contribution in [0.4, 0.5) is 0 Å². The summed E-state index contributed by atoms with van der Waals surface area (Å²) in [5, 5.41) is 7.55. The van der Waals surface area contributed by atoms with E-state index in [1.807, 2.05) is 6.20 Å². The molecule has 2 aromatic rings. The molecular weight excluding hydrogens is 402 g/mol. The van der Waals surface area contributed by atoms with Crippen LogP contribution in [0.3, 0.4) is 0 Å². The Balaban J connectivity index is 1.38. The topological polar surface area (TPSA) is 108 Å². The summed E-state index contributed by atoms with van der Waals surface area (Å²) in [5.74, 6) is 0.583. The third-order valence-corrected chi connectivity index (χ3v) is 6.74.